The Morgan fingerprint density at radius 1 is 1.17 bits per heavy atom. The molecule has 1 heterocycles. The van der Waals surface area contributed by atoms with Crippen molar-refractivity contribution in [3.63, 3.8) is 0 Å². The van der Waals surface area contributed by atoms with E-state index in [0.29, 0.717) is 34.1 Å². The number of allylic oxidation sites excluding steroid dienone is 1. The first-order chi connectivity index (χ1) is 16.7. The number of hydrogen-bond acceptors (Lipinski definition) is 5. The number of hydrogen-bond donors (Lipinski definition) is 2. The van der Waals surface area contributed by atoms with Crippen LogP contribution in [0.3, 0.4) is 0 Å². The maximum absolute atomic E-state index is 12.8. The molecule has 1 amide bonds. The summed E-state index contributed by atoms with van der Waals surface area (Å²) in [7, 11) is 1.45. The summed E-state index contributed by atoms with van der Waals surface area (Å²) in [6, 6.07) is 12.6. The number of carboxylic acid groups (broad SMARTS) is 1. The lowest BCUT2D eigenvalue weighted by Crippen LogP contribution is -2.18. The summed E-state index contributed by atoms with van der Waals surface area (Å²) in [6.45, 7) is 7.18. The first-order valence-corrected chi connectivity index (χ1v) is 11.1. The summed E-state index contributed by atoms with van der Waals surface area (Å²) >= 11 is 6.29. The second-order valence-corrected chi connectivity index (χ2v) is 8.11. The zero-order valence-corrected chi connectivity index (χ0v) is 20.4. The van der Waals surface area contributed by atoms with E-state index in [9.17, 15) is 9.59 Å². The number of carboxylic acids is 1. The Morgan fingerprint density at radius 2 is 1.89 bits per heavy atom. The van der Waals surface area contributed by atoms with Gasteiger partial charge in [-0.15, -0.1) is 6.58 Å². The molecule has 3 rings (SSSR count). The van der Waals surface area contributed by atoms with Crippen LogP contribution in [0.25, 0.3) is 5.69 Å². The van der Waals surface area contributed by atoms with Gasteiger partial charge < -0.3 is 19.1 Å². The largest absolute Gasteiger partial charge is 0.493 e. The van der Waals surface area contributed by atoms with Crippen LogP contribution < -0.4 is 14.9 Å². The van der Waals surface area contributed by atoms with E-state index in [1.54, 1.807) is 30.3 Å². The van der Waals surface area contributed by atoms with Crippen LogP contribution >= 0.6 is 11.6 Å². The molecule has 0 aliphatic rings. The third kappa shape index (κ3) is 6.10. The van der Waals surface area contributed by atoms with Crippen molar-refractivity contribution in [2.45, 2.75) is 20.3 Å². The molecule has 0 atom stereocenters. The number of carbonyl (C=O) groups is 2. The van der Waals surface area contributed by atoms with E-state index in [1.807, 2.05) is 36.6 Å². The van der Waals surface area contributed by atoms with E-state index in [4.69, 9.17) is 26.2 Å². The van der Waals surface area contributed by atoms with E-state index in [2.05, 4.69) is 17.1 Å². The normalized spacial score (nSPS) is 10.9. The predicted molar refractivity (Wildman–Crippen MR) is 135 cm³/mol. The van der Waals surface area contributed by atoms with Crippen molar-refractivity contribution < 1.29 is 24.2 Å². The van der Waals surface area contributed by atoms with Crippen LogP contribution in [0.5, 0.6) is 11.5 Å². The van der Waals surface area contributed by atoms with Gasteiger partial charge in [0.25, 0.3) is 5.91 Å². The molecule has 35 heavy (non-hydrogen) atoms. The molecule has 0 bridgehead atoms. The summed E-state index contributed by atoms with van der Waals surface area (Å²) < 4.78 is 12.8. The Hall–Kier alpha value is -4.04. The van der Waals surface area contributed by atoms with Crippen LogP contribution in [0.2, 0.25) is 5.02 Å². The molecule has 0 radical (unpaired) electrons. The number of nitrogens with zero attached hydrogens (tertiary/aromatic N) is 2. The fourth-order valence-electron chi connectivity index (χ4n) is 3.64. The standard InChI is InChI=1S/C26H26ClN3O5/c1-5-6-19-11-18(12-23(34-4)25(19)35-15-24(31)32)14-28-29-26(33)21-13-20(9-10-22(21)27)30-16(2)7-8-17(30)3/h5,7-14H,1,6,15H2,2-4H3,(H,29,33)(H,31,32). The third-order valence-corrected chi connectivity index (χ3v) is 5.51. The molecule has 9 heteroatoms. The first-order valence-electron chi connectivity index (χ1n) is 10.7. The van der Waals surface area contributed by atoms with Crippen molar-refractivity contribution in [1.82, 2.24) is 9.99 Å². The summed E-state index contributed by atoms with van der Waals surface area (Å²) in [5.74, 6) is -0.910. The number of aromatic nitrogens is 1. The molecule has 0 aliphatic carbocycles. The van der Waals surface area contributed by atoms with Crippen LogP contribution in [0.1, 0.15) is 32.9 Å². The Kier molecular flexibility index (Phi) is 8.33. The number of ether oxygens (including phenoxy) is 2. The van der Waals surface area contributed by atoms with Crippen LogP contribution in [-0.4, -0.2) is 41.5 Å². The minimum atomic E-state index is -1.10. The minimum Gasteiger partial charge on any atom is -0.493 e. The van der Waals surface area contributed by atoms with Gasteiger partial charge >= 0.3 is 5.97 Å². The van der Waals surface area contributed by atoms with Gasteiger partial charge in [0.1, 0.15) is 0 Å². The highest BCUT2D eigenvalue weighted by molar-refractivity contribution is 6.33. The van der Waals surface area contributed by atoms with Crippen LogP contribution in [0.4, 0.5) is 0 Å². The van der Waals surface area contributed by atoms with E-state index >= 15 is 0 Å². The van der Waals surface area contributed by atoms with Gasteiger partial charge in [-0.25, -0.2) is 10.2 Å². The fraction of sp³-hybridized carbons (Fsp3) is 0.192. The van der Waals surface area contributed by atoms with Crippen molar-refractivity contribution in [3.8, 4) is 17.2 Å². The Morgan fingerprint density at radius 3 is 2.51 bits per heavy atom. The van der Waals surface area contributed by atoms with Crippen LogP contribution in [-0.2, 0) is 11.2 Å². The monoisotopic (exact) mass is 495 g/mol. The number of benzene rings is 2. The average Bonchev–Trinajstić information content (AvgIpc) is 3.16. The molecule has 0 spiro atoms. The highest BCUT2D eigenvalue weighted by atomic mass is 35.5. The summed E-state index contributed by atoms with van der Waals surface area (Å²) in [4.78, 5) is 23.7. The van der Waals surface area contributed by atoms with Gasteiger partial charge in [-0.1, -0.05) is 17.7 Å². The number of amides is 1. The SMILES string of the molecule is C=CCc1cc(C=NNC(=O)c2cc(-n3c(C)ccc3C)ccc2Cl)cc(OC)c1OCC(=O)O. The molecule has 0 aliphatic heterocycles. The zero-order chi connectivity index (χ0) is 25.5. The number of rotatable bonds is 10. The van der Waals surface area contributed by atoms with Gasteiger partial charge in [0.2, 0.25) is 0 Å². The molecule has 0 saturated heterocycles. The van der Waals surface area contributed by atoms with Crippen LogP contribution in [0, 0.1) is 13.8 Å². The quantitative estimate of drug-likeness (QED) is 0.241. The third-order valence-electron chi connectivity index (χ3n) is 5.18. The second-order valence-electron chi connectivity index (χ2n) is 7.70. The molecular formula is C26H26ClN3O5. The fourth-order valence-corrected chi connectivity index (χ4v) is 3.85. The lowest BCUT2D eigenvalue weighted by Gasteiger charge is -2.14. The first kappa shape index (κ1) is 25.6. The zero-order valence-electron chi connectivity index (χ0n) is 19.7. The van der Waals surface area contributed by atoms with Crippen molar-refractivity contribution in [2.75, 3.05) is 13.7 Å². The van der Waals surface area contributed by atoms with Gasteiger partial charge in [-0.2, -0.15) is 5.10 Å². The predicted octanol–water partition coefficient (Wildman–Crippen LogP) is 4.71. The number of halogens is 1. The molecule has 1 aromatic heterocycles. The Labute approximate surface area is 208 Å². The maximum Gasteiger partial charge on any atom is 0.341 e. The van der Waals surface area contributed by atoms with E-state index < -0.39 is 18.5 Å². The van der Waals surface area contributed by atoms with E-state index in [-0.39, 0.29) is 5.56 Å². The molecule has 3 aromatic rings. The van der Waals surface area contributed by atoms with Gasteiger partial charge in [-0.05, 0) is 68.3 Å². The molecule has 0 saturated carbocycles. The molecule has 2 aromatic carbocycles. The lowest BCUT2D eigenvalue weighted by atomic mass is 10.1. The smallest absolute Gasteiger partial charge is 0.341 e. The van der Waals surface area contributed by atoms with E-state index in [0.717, 1.165) is 17.1 Å². The highest BCUT2D eigenvalue weighted by Crippen LogP contribution is 2.33. The van der Waals surface area contributed by atoms with Crippen molar-refractivity contribution in [2.24, 2.45) is 5.10 Å². The van der Waals surface area contributed by atoms with Crippen molar-refractivity contribution in [3.05, 3.63) is 88.2 Å². The maximum atomic E-state index is 12.8. The molecule has 2 N–H and O–H groups in total. The van der Waals surface area contributed by atoms with E-state index in [1.165, 1.54) is 13.3 Å². The van der Waals surface area contributed by atoms with Crippen molar-refractivity contribution in [1.29, 1.82) is 0 Å². The Bertz CT molecular complexity index is 1280. The number of methoxy groups -OCH3 is 1. The number of hydrazone groups is 1. The van der Waals surface area contributed by atoms with Gasteiger partial charge in [0.15, 0.2) is 18.1 Å². The number of carbonyl (C=O) groups excluding carboxylic acids is 1. The van der Waals surface area contributed by atoms with Gasteiger partial charge in [0, 0.05) is 22.6 Å². The molecule has 8 nitrogen and oxygen atoms in total. The van der Waals surface area contributed by atoms with Gasteiger partial charge in [-0.3, -0.25) is 4.79 Å². The summed E-state index contributed by atoms with van der Waals surface area (Å²) in [5, 5.41) is 13.3. The number of aliphatic carboxylic acids is 1. The lowest BCUT2D eigenvalue weighted by molar-refractivity contribution is -0.139. The summed E-state index contributed by atoms with van der Waals surface area (Å²) in [5.41, 5.74) is 6.96. The van der Waals surface area contributed by atoms with Crippen molar-refractivity contribution >= 4 is 29.7 Å². The molecule has 0 fully saturated rings. The minimum absolute atomic E-state index is 0.288. The topological polar surface area (TPSA) is 102 Å². The number of nitrogens with one attached hydrogen (secondary N) is 1. The Balaban J connectivity index is 1.83. The summed E-state index contributed by atoms with van der Waals surface area (Å²) in [6.07, 6.45) is 3.53. The number of aryl methyl sites for hydroxylation is 2. The van der Waals surface area contributed by atoms with Gasteiger partial charge in [0.05, 0.1) is 23.9 Å². The molecule has 182 valence electrons. The molecular weight excluding hydrogens is 470 g/mol. The van der Waals surface area contributed by atoms with Crippen LogP contribution in [0.15, 0.2) is 60.2 Å². The average molecular weight is 496 g/mol. The molecule has 0 unspecified atom stereocenters. The second kappa shape index (κ2) is 11.4. The highest BCUT2D eigenvalue weighted by Gasteiger charge is 2.15.